The predicted molar refractivity (Wildman–Crippen MR) is 136 cm³/mol. The van der Waals surface area contributed by atoms with Crippen LogP contribution in [-0.2, 0) is 14.9 Å². The fraction of sp³-hybridized carbons (Fsp3) is 0.321. The van der Waals surface area contributed by atoms with Crippen molar-refractivity contribution in [3.63, 3.8) is 0 Å². The molecular weight excluding hydrogens is 448 g/mol. The van der Waals surface area contributed by atoms with Crippen molar-refractivity contribution in [2.24, 2.45) is 5.92 Å². The van der Waals surface area contributed by atoms with Gasteiger partial charge < -0.3 is 5.11 Å². The molecular formula is C28H32O5S. The number of hydrogen-bond acceptors (Lipinski definition) is 4. The van der Waals surface area contributed by atoms with E-state index in [0.717, 1.165) is 27.8 Å². The van der Waals surface area contributed by atoms with Crippen molar-refractivity contribution in [1.82, 2.24) is 0 Å². The number of carbonyl (C=O) groups excluding carboxylic acids is 1. The van der Waals surface area contributed by atoms with Gasteiger partial charge in [-0.3, -0.25) is 9.35 Å². The summed E-state index contributed by atoms with van der Waals surface area (Å²) in [5.74, 6) is 0.109. The highest BCUT2D eigenvalue weighted by molar-refractivity contribution is 7.86. The Morgan fingerprint density at radius 2 is 1.53 bits per heavy atom. The van der Waals surface area contributed by atoms with Crippen LogP contribution in [0.2, 0.25) is 0 Å². The fourth-order valence-corrected chi connectivity index (χ4v) is 5.52. The van der Waals surface area contributed by atoms with Gasteiger partial charge in [0.25, 0.3) is 10.1 Å². The molecule has 0 heterocycles. The molecule has 0 bridgehead atoms. The van der Waals surface area contributed by atoms with E-state index in [2.05, 4.69) is 0 Å². The van der Waals surface area contributed by atoms with E-state index < -0.39 is 10.1 Å². The van der Waals surface area contributed by atoms with Crippen LogP contribution in [0.5, 0.6) is 5.75 Å². The summed E-state index contributed by atoms with van der Waals surface area (Å²) in [7, 11) is -4.53. The van der Waals surface area contributed by atoms with E-state index in [1.807, 2.05) is 54.5 Å². The molecule has 0 amide bonds. The van der Waals surface area contributed by atoms with Gasteiger partial charge in [0.15, 0.2) is 5.78 Å². The van der Waals surface area contributed by atoms with Crippen molar-refractivity contribution >= 4 is 21.5 Å². The highest BCUT2D eigenvalue weighted by Crippen LogP contribution is 2.43. The Balaban J connectivity index is 2.61. The lowest BCUT2D eigenvalue weighted by Crippen LogP contribution is -2.17. The van der Waals surface area contributed by atoms with E-state index in [1.54, 1.807) is 30.3 Å². The summed E-state index contributed by atoms with van der Waals surface area (Å²) in [5.41, 5.74) is 6.06. The maximum absolute atomic E-state index is 12.9. The number of aromatic hydroxyl groups is 1. The predicted octanol–water partition coefficient (Wildman–Crippen LogP) is 6.37. The molecule has 180 valence electrons. The Bertz CT molecular complexity index is 1370. The molecule has 0 radical (unpaired) electrons. The number of rotatable bonds is 5. The number of phenolic OH excluding ortho intramolecular Hbond substituents is 1. The molecule has 0 aliphatic heterocycles. The zero-order valence-electron chi connectivity index (χ0n) is 20.7. The van der Waals surface area contributed by atoms with Crippen molar-refractivity contribution in [1.29, 1.82) is 0 Å². The minimum Gasteiger partial charge on any atom is -0.508 e. The third-order valence-corrected chi connectivity index (χ3v) is 7.22. The monoisotopic (exact) mass is 480 g/mol. The van der Waals surface area contributed by atoms with Crippen LogP contribution in [0.3, 0.4) is 0 Å². The Hall–Kier alpha value is -2.96. The van der Waals surface area contributed by atoms with Gasteiger partial charge in [0.05, 0.1) is 0 Å². The van der Waals surface area contributed by atoms with Crippen molar-refractivity contribution in [3.8, 4) is 5.75 Å². The van der Waals surface area contributed by atoms with Gasteiger partial charge in [0, 0.05) is 11.1 Å². The highest BCUT2D eigenvalue weighted by atomic mass is 32.2. The molecule has 6 heteroatoms. The van der Waals surface area contributed by atoms with Crippen molar-refractivity contribution in [3.05, 3.63) is 87.0 Å². The molecule has 0 atom stereocenters. The second-order valence-electron chi connectivity index (χ2n) is 9.49. The summed E-state index contributed by atoms with van der Waals surface area (Å²) in [6, 6.07) is 9.88. The smallest absolute Gasteiger partial charge is 0.295 e. The largest absolute Gasteiger partial charge is 0.508 e. The van der Waals surface area contributed by atoms with E-state index in [1.165, 1.54) is 6.07 Å². The van der Waals surface area contributed by atoms with E-state index >= 15 is 0 Å². The second kappa shape index (κ2) is 9.35. The van der Waals surface area contributed by atoms with Crippen molar-refractivity contribution < 1.29 is 22.9 Å². The lowest BCUT2D eigenvalue weighted by molar-refractivity contribution is -0.111. The van der Waals surface area contributed by atoms with Crippen LogP contribution in [-0.4, -0.2) is 23.9 Å². The summed E-state index contributed by atoms with van der Waals surface area (Å²) >= 11 is 0. The number of phenols is 1. The Morgan fingerprint density at radius 3 is 2.09 bits per heavy atom. The third-order valence-electron chi connectivity index (χ3n) is 6.31. The molecule has 0 spiro atoms. The SMILES string of the molecule is CC1=CC(=O)C(C(C)C)=C(C)/C1=C(\c1cc(C(C)C)c(O)cc1C)c1ccccc1S(=O)(=O)O. The Labute approximate surface area is 202 Å². The standard InChI is InChI=1S/C28H32O5S/c1-15(2)21-14-22(17(5)12-23(21)29)28(20-10-8-9-11-25(20)34(31,32)33)27-18(6)13-24(30)26(16(3)4)19(27)7/h8-16,29H,1-7H3,(H,31,32,33)/b28-27-. The number of carbonyl (C=O) groups is 1. The summed E-state index contributed by atoms with van der Waals surface area (Å²) in [6.07, 6.45) is 1.59. The van der Waals surface area contributed by atoms with Crippen LogP contribution in [0, 0.1) is 12.8 Å². The zero-order chi connectivity index (χ0) is 25.5. The maximum Gasteiger partial charge on any atom is 0.295 e. The van der Waals surface area contributed by atoms with Crippen LogP contribution in [0.4, 0.5) is 0 Å². The topological polar surface area (TPSA) is 91.7 Å². The van der Waals surface area contributed by atoms with E-state index in [9.17, 15) is 22.9 Å². The van der Waals surface area contributed by atoms with Crippen LogP contribution >= 0.6 is 0 Å². The van der Waals surface area contributed by atoms with Gasteiger partial charge in [-0.05, 0) is 95.9 Å². The molecule has 3 rings (SSSR count). The molecule has 0 saturated carbocycles. The van der Waals surface area contributed by atoms with E-state index in [4.69, 9.17) is 0 Å². The van der Waals surface area contributed by atoms with Crippen LogP contribution in [0.15, 0.2) is 69.7 Å². The number of aryl methyl sites for hydroxylation is 1. The lowest BCUT2D eigenvalue weighted by Gasteiger charge is -2.27. The molecule has 2 aromatic rings. The molecule has 0 saturated heterocycles. The highest BCUT2D eigenvalue weighted by Gasteiger charge is 2.29. The van der Waals surface area contributed by atoms with Crippen LogP contribution in [0.1, 0.15) is 69.7 Å². The van der Waals surface area contributed by atoms with Crippen molar-refractivity contribution in [2.45, 2.75) is 59.3 Å². The molecule has 2 aromatic carbocycles. The van der Waals surface area contributed by atoms with Gasteiger partial charge >= 0.3 is 0 Å². The number of benzene rings is 2. The summed E-state index contributed by atoms with van der Waals surface area (Å²) in [6.45, 7) is 13.4. The summed E-state index contributed by atoms with van der Waals surface area (Å²) < 4.78 is 34.8. The fourth-order valence-electron chi connectivity index (χ4n) is 4.82. The average Bonchev–Trinajstić information content (AvgIpc) is 2.70. The summed E-state index contributed by atoms with van der Waals surface area (Å²) in [4.78, 5) is 12.6. The van der Waals surface area contributed by atoms with Gasteiger partial charge in [-0.1, -0.05) is 45.9 Å². The third kappa shape index (κ3) is 4.65. The van der Waals surface area contributed by atoms with Gasteiger partial charge in [0.1, 0.15) is 10.6 Å². The molecule has 1 aliphatic carbocycles. The maximum atomic E-state index is 12.9. The normalized spacial score (nSPS) is 16.4. The molecule has 5 nitrogen and oxygen atoms in total. The minimum atomic E-state index is -4.53. The molecule has 1 aliphatic rings. The van der Waals surface area contributed by atoms with Crippen LogP contribution in [0.25, 0.3) is 5.57 Å². The molecule has 0 fully saturated rings. The van der Waals surface area contributed by atoms with Gasteiger partial charge in [-0.25, -0.2) is 0 Å². The first-order chi connectivity index (χ1) is 15.8. The van der Waals surface area contributed by atoms with E-state index in [-0.39, 0.29) is 28.3 Å². The number of ketones is 1. The molecule has 2 N–H and O–H groups in total. The van der Waals surface area contributed by atoms with E-state index in [0.29, 0.717) is 22.3 Å². The average molecular weight is 481 g/mol. The van der Waals surface area contributed by atoms with Gasteiger partial charge in [0.2, 0.25) is 0 Å². The Kier molecular flexibility index (Phi) is 7.06. The lowest BCUT2D eigenvalue weighted by atomic mass is 9.77. The summed E-state index contributed by atoms with van der Waals surface area (Å²) in [5, 5.41) is 10.6. The van der Waals surface area contributed by atoms with Gasteiger partial charge in [-0.15, -0.1) is 0 Å². The number of allylic oxidation sites excluding steroid dienone is 5. The first kappa shape index (κ1) is 25.7. The van der Waals surface area contributed by atoms with Crippen molar-refractivity contribution in [2.75, 3.05) is 0 Å². The second-order valence-corrected chi connectivity index (χ2v) is 10.9. The Morgan fingerprint density at radius 1 is 0.912 bits per heavy atom. The zero-order valence-corrected chi connectivity index (χ0v) is 21.5. The molecule has 0 unspecified atom stereocenters. The quantitative estimate of drug-likeness (QED) is 0.485. The van der Waals surface area contributed by atoms with Crippen LogP contribution < -0.4 is 0 Å². The minimum absolute atomic E-state index is 0.0230. The number of hydrogen-bond donors (Lipinski definition) is 2. The first-order valence-corrected chi connectivity index (χ1v) is 12.8. The molecule has 34 heavy (non-hydrogen) atoms. The first-order valence-electron chi connectivity index (χ1n) is 11.3. The molecule has 0 aromatic heterocycles. The van der Waals surface area contributed by atoms with Gasteiger partial charge in [-0.2, -0.15) is 8.42 Å².